The molecule has 0 unspecified atom stereocenters. The second-order valence-electron chi connectivity index (χ2n) is 6.51. The summed E-state index contributed by atoms with van der Waals surface area (Å²) >= 11 is 6.00. The molecule has 0 radical (unpaired) electrons. The van der Waals surface area contributed by atoms with E-state index in [0.717, 1.165) is 43.2 Å². The molecule has 0 spiro atoms. The van der Waals surface area contributed by atoms with Gasteiger partial charge in [0.2, 0.25) is 5.91 Å². The van der Waals surface area contributed by atoms with E-state index in [9.17, 15) is 4.79 Å². The average Bonchev–Trinajstić information content (AvgIpc) is 3.19. The van der Waals surface area contributed by atoms with Crippen LogP contribution in [0.5, 0.6) is 0 Å². The summed E-state index contributed by atoms with van der Waals surface area (Å²) in [5, 5.41) is 3.90. The van der Waals surface area contributed by atoms with Crippen molar-refractivity contribution >= 4 is 17.5 Å². The monoisotopic (exact) mass is 331 g/mol. The normalized spacial score (nSPS) is 17.8. The van der Waals surface area contributed by atoms with Gasteiger partial charge in [-0.2, -0.15) is 0 Å². The second-order valence-corrected chi connectivity index (χ2v) is 6.94. The predicted octanol–water partition coefficient (Wildman–Crippen LogP) is 4.49. The largest absolute Gasteiger partial charge is 0.472 e. The Balaban J connectivity index is 1.75. The van der Waals surface area contributed by atoms with Crippen LogP contribution in [0.1, 0.15) is 43.7 Å². The van der Waals surface area contributed by atoms with Crippen LogP contribution >= 0.6 is 11.6 Å². The fourth-order valence-electron chi connectivity index (χ4n) is 3.57. The van der Waals surface area contributed by atoms with Crippen LogP contribution in [0.4, 0.5) is 0 Å². The van der Waals surface area contributed by atoms with Gasteiger partial charge in [-0.25, -0.2) is 0 Å². The molecule has 1 amide bonds. The third-order valence-corrected chi connectivity index (χ3v) is 5.04. The van der Waals surface area contributed by atoms with Gasteiger partial charge in [-0.05, 0) is 55.5 Å². The summed E-state index contributed by atoms with van der Waals surface area (Å²) in [7, 11) is 0. The number of benzene rings is 1. The van der Waals surface area contributed by atoms with Crippen LogP contribution in [0.3, 0.4) is 0 Å². The summed E-state index contributed by atoms with van der Waals surface area (Å²) in [4.78, 5) is 13.0. The number of halogens is 1. The molecule has 23 heavy (non-hydrogen) atoms. The van der Waals surface area contributed by atoms with Gasteiger partial charge in [0, 0.05) is 11.1 Å². The molecule has 122 valence electrons. The smallest absolute Gasteiger partial charge is 0.230 e. The lowest BCUT2D eigenvalue weighted by molar-refractivity contribution is -0.127. The summed E-state index contributed by atoms with van der Waals surface area (Å²) in [6.45, 7) is 2.04. The van der Waals surface area contributed by atoms with E-state index in [1.807, 2.05) is 37.3 Å². The van der Waals surface area contributed by atoms with Gasteiger partial charge in [-0.3, -0.25) is 4.79 Å². The first kappa shape index (κ1) is 16.1. The summed E-state index contributed by atoms with van der Waals surface area (Å²) < 4.78 is 5.10. The van der Waals surface area contributed by atoms with E-state index in [0.29, 0.717) is 5.02 Å². The Morgan fingerprint density at radius 1 is 1.26 bits per heavy atom. The first-order valence-corrected chi connectivity index (χ1v) is 8.56. The Bertz CT molecular complexity index is 643. The number of amides is 1. The van der Waals surface area contributed by atoms with Gasteiger partial charge in [-0.1, -0.05) is 36.6 Å². The SMILES string of the molecule is C[C@@H](Cc1ccoc1)NC(=O)C1(c2ccc(Cl)cc2)CCCC1. The summed E-state index contributed by atoms with van der Waals surface area (Å²) in [6, 6.07) is 9.75. The van der Waals surface area contributed by atoms with Crippen molar-refractivity contribution in [1.82, 2.24) is 5.32 Å². The summed E-state index contributed by atoms with van der Waals surface area (Å²) in [5.74, 6) is 0.133. The topological polar surface area (TPSA) is 42.2 Å². The molecule has 1 fully saturated rings. The van der Waals surface area contributed by atoms with E-state index in [1.54, 1.807) is 12.5 Å². The zero-order valence-electron chi connectivity index (χ0n) is 13.3. The molecule has 1 heterocycles. The highest BCUT2D eigenvalue weighted by Gasteiger charge is 2.42. The van der Waals surface area contributed by atoms with E-state index in [1.165, 1.54) is 0 Å². The molecule has 1 saturated carbocycles. The standard InChI is InChI=1S/C19H22ClNO2/c1-14(12-15-8-11-23-13-15)21-18(22)19(9-2-3-10-19)16-4-6-17(20)7-5-16/h4-8,11,13-14H,2-3,9-10,12H2,1H3,(H,21,22)/t14-/m0/s1. The maximum Gasteiger partial charge on any atom is 0.230 e. The van der Waals surface area contributed by atoms with E-state index < -0.39 is 5.41 Å². The first-order valence-electron chi connectivity index (χ1n) is 8.18. The minimum atomic E-state index is -0.407. The van der Waals surface area contributed by atoms with E-state index in [4.69, 9.17) is 16.0 Å². The van der Waals surface area contributed by atoms with Gasteiger partial charge in [0.15, 0.2) is 0 Å². The molecule has 1 N–H and O–H groups in total. The van der Waals surface area contributed by atoms with Crippen LogP contribution in [-0.4, -0.2) is 11.9 Å². The Morgan fingerprint density at radius 3 is 2.57 bits per heavy atom. The fraction of sp³-hybridized carbons (Fsp3) is 0.421. The van der Waals surface area contributed by atoms with Crippen LogP contribution in [-0.2, 0) is 16.6 Å². The Morgan fingerprint density at radius 2 is 1.96 bits per heavy atom. The number of hydrogen-bond acceptors (Lipinski definition) is 2. The minimum Gasteiger partial charge on any atom is -0.472 e. The van der Waals surface area contributed by atoms with Crippen molar-refractivity contribution < 1.29 is 9.21 Å². The maximum absolute atomic E-state index is 13.0. The molecular formula is C19H22ClNO2. The number of carbonyl (C=O) groups is 1. The molecule has 1 aromatic carbocycles. The van der Waals surface area contributed by atoms with E-state index in [2.05, 4.69) is 5.32 Å². The van der Waals surface area contributed by atoms with Gasteiger partial charge < -0.3 is 9.73 Å². The molecule has 1 aliphatic rings. The molecule has 4 heteroatoms. The van der Waals surface area contributed by atoms with Gasteiger partial charge in [-0.15, -0.1) is 0 Å². The Hall–Kier alpha value is -1.74. The Labute approximate surface area is 142 Å². The van der Waals surface area contributed by atoms with Crippen molar-refractivity contribution in [1.29, 1.82) is 0 Å². The molecule has 2 aromatic rings. The van der Waals surface area contributed by atoms with Crippen molar-refractivity contribution in [2.75, 3.05) is 0 Å². The van der Waals surface area contributed by atoms with Gasteiger partial charge in [0.1, 0.15) is 0 Å². The quantitative estimate of drug-likeness (QED) is 0.877. The number of furan rings is 1. The number of rotatable bonds is 5. The number of nitrogens with one attached hydrogen (secondary N) is 1. The maximum atomic E-state index is 13.0. The second kappa shape index (κ2) is 6.79. The van der Waals surface area contributed by atoms with Crippen LogP contribution in [0.25, 0.3) is 0 Å². The molecule has 0 bridgehead atoms. The van der Waals surface area contributed by atoms with Crippen LogP contribution in [0, 0.1) is 0 Å². The van der Waals surface area contributed by atoms with Gasteiger partial charge >= 0.3 is 0 Å². The fourth-order valence-corrected chi connectivity index (χ4v) is 3.70. The molecule has 1 aliphatic carbocycles. The third kappa shape index (κ3) is 3.45. The molecular weight excluding hydrogens is 310 g/mol. The summed E-state index contributed by atoms with van der Waals surface area (Å²) in [5.41, 5.74) is 1.77. The third-order valence-electron chi connectivity index (χ3n) is 4.79. The highest BCUT2D eigenvalue weighted by Crippen LogP contribution is 2.41. The van der Waals surface area contributed by atoms with Crippen molar-refractivity contribution in [3.63, 3.8) is 0 Å². The molecule has 3 nitrogen and oxygen atoms in total. The van der Waals surface area contributed by atoms with Crippen LogP contribution < -0.4 is 5.32 Å². The zero-order valence-corrected chi connectivity index (χ0v) is 14.1. The molecule has 1 atom stereocenters. The van der Waals surface area contributed by atoms with E-state index >= 15 is 0 Å². The van der Waals surface area contributed by atoms with Crippen molar-refractivity contribution in [3.8, 4) is 0 Å². The minimum absolute atomic E-state index is 0.0740. The predicted molar refractivity (Wildman–Crippen MR) is 91.6 cm³/mol. The average molecular weight is 332 g/mol. The lowest BCUT2D eigenvalue weighted by atomic mass is 9.77. The first-order chi connectivity index (χ1) is 11.1. The highest BCUT2D eigenvalue weighted by molar-refractivity contribution is 6.30. The van der Waals surface area contributed by atoms with Crippen molar-refractivity contribution in [2.45, 2.75) is 50.5 Å². The number of hydrogen-bond donors (Lipinski definition) is 1. The zero-order chi connectivity index (χ0) is 16.3. The van der Waals surface area contributed by atoms with Crippen LogP contribution in [0.2, 0.25) is 5.02 Å². The Kier molecular flexibility index (Phi) is 4.76. The van der Waals surface area contributed by atoms with Crippen LogP contribution in [0.15, 0.2) is 47.3 Å². The molecule has 0 aliphatic heterocycles. The lowest BCUT2D eigenvalue weighted by Crippen LogP contribution is -2.46. The number of carbonyl (C=O) groups excluding carboxylic acids is 1. The molecule has 0 saturated heterocycles. The van der Waals surface area contributed by atoms with Crippen molar-refractivity contribution in [2.24, 2.45) is 0 Å². The highest BCUT2D eigenvalue weighted by atomic mass is 35.5. The molecule has 1 aromatic heterocycles. The molecule has 3 rings (SSSR count). The lowest BCUT2D eigenvalue weighted by Gasteiger charge is -2.30. The van der Waals surface area contributed by atoms with Crippen molar-refractivity contribution in [3.05, 3.63) is 59.0 Å². The van der Waals surface area contributed by atoms with Gasteiger partial charge in [0.25, 0.3) is 0 Å². The van der Waals surface area contributed by atoms with Gasteiger partial charge in [0.05, 0.1) is 17.9 Å². The van der Waals surface area contributed by atoms with E-state index in [-0.39, 0.29) is 11.9 Å². The summed E-state index contributed by atoms with van der Waals surface area (Å²) in [6.07, 6.45) is 8.15.